The fraction of sp³-hybridized carbons (Fsp3) is 0.900. The Balaban J connectivity index is 3.75. The van der Waals surface area contributed by atoms with Crippen LogP contribution in [-0.2, 0) is 4.74 Å². The molecule has 0 aliphatic heterocycles. The van der Waals surface area contributed by atoms with Crippen LogP contribution in [0.1, 0.15) is 27.2 Å². The first-order chi connectivity index (χ1) is 6.91. The number of nitrogens with one attached hydrogen (secondary N) is 2. The van der Waals surface area contributed by atoms with Crippen molar-refractivity contribution in [2.45, 2.75) is 38.8 Å². The Kier molecular flexibility index (Phi) is 6.27. The van der Waals surface area contributed by atoms with Crippen LogP contribution in [0.5, 0.6) is 0 Å². The van der Waals surface area contributed by atoms with E-state index in [1.165, 1.54) is 0 Å². The molecular formula is C10H22N2O3. The molecule has 0 rings (SSSR count). The van der Waals surface area contributed by atoms with Crippen LogP contribution < -0.4 is 10.6 Å². The highest BCUT2D eigenvalue weighted by Crippen LogP contribution is 2.04. The highest BCUT2D eigenvalue weighted by molar-refractivity contribution is 5.74. The Morgan fingerprint density at radius 3 is 2.60 bits per heavy atom. The van der Waals surface area contributed by atoms with E-state index in [0.29, 0.717) is 13.0 Å². The number of rotatable bonds is 6. The third-order valence-corrected chi connectivity index (χ3v) is 2.17. The zero-order valence-corrected chi connectivity index (χ0v) is 9.96. The number of amides is 2. The van der Waals surface area contributed by atoms with E-state index >= 15 is 0 Å². The number of ether oxygens (including phenoxy) is 1. The van der Waals surface area contributed by atoms with Gasteiger partial charge in [0.2, 0.25) is 0 Å². The summed E-state index contributed by atoms with van der Waals surface area (Å²) >= 11 is 0. The molecule has 0 fully saturated rings. The predicted molar refractivity (Wildman–Crippen MR) is 58.8 cm³/mol. The molecule has 15 heavy (non-hydrogen) atoms. The van der Waals surface area contributed by atoms with E-state index in [4.69, 9.17) is 9.84 Å². The van der Waals surface area contributed by atoms with Crippen molar-refractivity contribution in [3.05, 3.63) is 0 Å². The minimum absolute atomic E-state index is 0.0272. The van der Waals surface area contributed by atoms with Crippen molar-refractivity contribution in [3.8, 4) is 0 Å². The number of carbonyl (C=O) groups excluding carboxylic acids is 1. The lowest BCUT2D eigenvalue weighted by Crippen LogP contribution is -2.46. The average Bonchev–Trinajstić information content (AvgIpc) is 2.15. The fourth-order valence-electron chi connectivity index (χ4n) is 0.906. The Bertz CT molecular complexity index is 195. The van der Waals surface area contributed by atoms with E-state index in [9.17, 15) is 4.79 Å². The minimum Gasteiger partial charge on any atom is -0.396 e. The number of aliphatic hydroxyl groups is 1. The van der Waals surface area contributed by atoms with E-state index in [1.807, 2.05) is 20.8 Å². The summed E-state index contributed by atoms with van der Waals surface area (Å²) in [5.74, 6) is 0. The van der Waals surface area contributed by atoms with E-state index in [-0.39, 0.29) is 24.3 Å². The molecule has 90 valence electrons. The molecule has 0 saturated carbocycles. The van der Waals surface area contributed by atoms with E-state index in [0.717, 1.165) is 0 Å². The Labute approximate surface area is 91.2 Å². The molecule has 0 aromatic rings. The third kappa shape index (κ3) is 7.16. The van der Waals surface area contributed by atoms with Crippen molar-refractivity contribution in [3.63, 3.8) is 0 Å². The molecule has 1 atom stereocenters. The third-order valence-electron chi connectivity index (χ3n) is 2.17. The number of urea groups is 1. The van der Waals surface area contributed by atoms with Crippen molar-refractivity contribution in [1.82, 2.24) is 10.6 Å². The summed E-state index contributed by atoms with van der Waals surface area (Å²) in [6, 6.07) is -0.262. The molecule has 0 spiro atoms. The van der Waals surface area contributed by atoms with E-state index in [2.05, 4.69) is 10.6 Å². The summed E-state index contributed by atoms with van der Waals surface area (Å²) in [4.78, 5) is 11.3. The first-order valence-corrected chi connectivity index (χ1v) is 5.11. The highest BCUT2D eigenvalue weighted by atomic mass is 16.5. The Hall–Kier alpha value is -0.810. The Morgan fingerprint density at radius 2 is 2.13 bits per heavy atom. The zero-order chi connectivity index (χ0) is 11.9. The average molecular weight is 218 g/mol. The molecule has 5 heteroatoms. The highest BCUT2D eigenvalue weighted by Gasteiger charge is 2.17. The van der Waals surface area contributed by atoms with Gasteiger partial charge in [-0.25, -0.2) is 4.79 Å². The maximum absolute atomic E-state index is 11.3. The number of hydrogen-bond acceptors (Lipinski definition) is 3. The molecule has 0 bridgehead atoms. The molecule has 3 N–H and O–H groups in total. The molecule has 0 unspecified atom stereocenters. The van der Waals surface area contributed by atoms with Crippen molar-refractivity contribution >= 4 is 6.03 Å². The molecule has 0 aromatic carbocycles. The van der Waals surface area contributed by atoms with Crippen LogP contribution in [0, 0.1) is 0 Å². The maximum Gasteiger partial charge on any atom is 0.315 e. The van der Waals surface area contributed by atoms with Crippen LogP contribution in [0.2, 0.25) is 0 Å². The molecule has 0 aliphatic carbocycles. The molecule has 2 amide bonds. The second kappa shape index (κ2) is 6.63. The van der Waals surface area contributed by atoms with Crippen LogP contribution in [0.25, 0.3) is 0 Å². The summed E-state index contributed by atoms with van der Waals surface area (Å²) in [5.41, 5.74) is -0.364. The molecule has 0 aromatic heterocycles. The normalized spacial score (nSPS) is 13.4. The molecule has 0 radical (unpaired) electrons. The van der Waals surface area contributed by atoms with Crippen LogP contribution in [0.3, 0.4) is 0 Å². The molecule has 0 heterocycles. The number of aliphatic hydroxyl groups excluding tert-OH is 1. The SMILES string of the molecule is COC(C)(C)CNC(=O)N[C@H](C)CCO. The zero-order valence-electron chi connectivity index (χ0n) is 9.96. The van der Waals surface area contributed by atoms with E-state index < -0.39 is 0 Å². The van der Waals surface area contributed by atoms with Gasteiger partial charge in [0.15, 0.2) is 0 Å². The smallest absolute Gasteiger partial charge is 0.315 e. The van der Waals surface area contributed by atoms with Crippen molar-refractivity contribution in [2.75, 3.05) is 20.3 Å². The van der Waals surface area contributed by atoms with Crippen molar-refractivity contribution in [2.24, 2.45) is 0 Å². The van der Waals surface area contributed by atoms with Gasteiger partial charge in [-0.15, -0.1) is 0 Å². The topological polar surface area (TPSA) is 70.6 Å². The molecular weight excluding hydrogens is 196 g/mol. The second-order valence-electron chi connectivity index (χ2n) is 4.20. The summed E-state index contributed by atoms with van der Waals surface area (Å²) in [6.45, 7) is 6.15. The van der Waals surface area contributed by atoms with Gasteiger partial charge in [-0.3, -0.25) is 0 Å². The van der Waals surface area contributed by atoms with Gasteiger partial charge in [0.1, 0.15) is 0 Å². The number of carbonyl (C=O) groups is 1. The number of hydrogen-bond donors (Lipinski definition) is 3. The first-order valence-electron chi connectivity index (χ1n) is 5.11. The summed E-state index contributed by atoms with van der Waals surface area (Å²) < 4.78 is 5.16. The van der Waals surface area contributed by atoms with Crippen LogP contribution in [-0.4, -0.2) is 43.0 Å². The minimum atomic E-state index is -0.364. The van der Waals surface area contributed by atoms with Crippen LogP contribution in [0.4, 0.5) is 4.79 Å². The summed E-state index contributed by atoms with van der Waals surface area (Å²) in [7, 11) is 1.61. The van der Waals surface area contributed by atoms with E-state index in [1.54, 1.807) is 7.11 Å². The maximum atomic E-state index is 11.3. The fourth-order valence-corrected chi connectivity index (χ4v) is 0.906. The second-order valence-corrected chi connectivity index (χ2v) is 4.20. The van der Waals surface area contributed by atoms with Crippen LogP contribution >= 0.6 is 0 Å². The lowest BCUT2D eigenvalue weighted by Gasteiger charge is -2.23. The largest absolute Gasteiger partial charge is 0.396 e. The molecule has 0 saturated heterocycles. The predicted octanol–water partition coefficient (Wildman–Crippen LogP) is 0.481. The van der Waals surface area contributed by atoms with Crippen molar-refractivity contribution < 1.29 is 14.6 Å². The van der Waals surface area contributed by atoms with Crippen molar-refractivity contribution in [1.29, 1.82) is 0 Å². The van der Waals surface area contributed by atoms with Gasteiger partial charge in [0.25, 0.3) is 0 Å². The quantitative estimate of drug-likeness (QED) is 0.607. The van der Waals surface area contributed by atoms with Gasteiger partial charge in [0, 0.05) is 26.3 Å². The van der Waals surface area contributed by atoms with Gasteiger partial charge in [0.05, 0.1) is 5.60 Å². The Morgan fingerprint density at radius 1 is 1.53 bits per heavy atom. The summed E-state index contributed by atoms with van der Waals surface area (Å²) in [5, 5.41) is 14.1. The van der Waals surface area contributed by atoms with Crippen LogP contribution in [0.15, 0.2) is 0 Å². The first kappa shape index (κ1) is 14.2. The van der Waals surface area contributed by atoms with Gasteiger partial charge >= 0.3 is 6.03 Å². The standard InChI is InChI=1S/C10H22N2O3/c1-8(5-6-13)12-9(14)11-7-10(2,3)15-4/h8,13H,5-7H2,1-4H3,(H2,11,12,14)/t8-/m1/s1. The molecule has 5 nitrogen and oxygen atoms in total. The number of methoxy groups -OCH3 is 1. The van der Waals surface area contributed by atoms with Gasteiger partial charge in [-0.05, 0) is 27.2 Å². The lowest BCUT2D eigenvalue weighted by atomic mass is 10.1. The van der Waals surface area contributed by atoms with Gasteiger partial charge < -0.3 is 20.5 Å². The molecule has 0 aliphatic rings. The summed E-state index contributed by atoms with van der Waals surface area (Å²) in [6.07, 6.45) is 0.557. The van der Waals surface area contributed by atoms with Gasteiger partial charge in [-0.2, -0.15) is 0 Å². The monoisotopic (exact) mass is 218 g/mol. The van der Waals surface area contributed by atoms with Gasteiger partial charge in [-0.1, -0.05) is 0 Å². The lowest BCUT2D eigenvalue weighted by molar-refractivity contribution is 0.0253.